The van der Waals surface area contributed by atoms with Gasteiger partial charge in [-0.15, -0.1) is 0 Å². The van der Waals surface area contributed by atoms with Crippen molar-refractivity contribution in [3.63, 3.8) is 0 Å². The quantitative estimate of drug-likeness (QED) is 0.831. The minimum Gasteiger partial charge on any atom is -0.341 e. The van der Waals surface area contributed by atoms with Gasteiger partial charge < -0.3 is 15.1 Å². The zero-order valence-corrected chi connectivity index (χ0v) is 12.7. The molecule has 1 N–H and O–H groups in total. The Morgan fingerprint density at radius 3 is 2.60 bits per heavy atom. The van der Waals surface area contributed by atoms with Crippen molar-refractivity contribution in [2.75, 3.05) is 32.7 Å². The first-order chi connectivity index (χ1) is 9.58. The number of amides is 2. The Morgan fingerprint density at radius 1 is 1.25 bits per heavy atom. The van der Waals surface area contributed by atoms with Gasteiger partial charge in [0.05, 0.1) is 12.6 Å². The summed E-state index contributed by atoms with van der Waals surface area (Å²) in [6.45, 7) is 7.64. The molecular weight excluding hydrogens is 254 g/mol. The number of carbonyl (C=O) groups is 2. The molecule has 1 atom stereocenters. The molecule has 2 aliphatic heterocycles. The highest BCUT2D eigenvalue weighted by atomic mass is 16.2. The highest BCUT2D eigenvalue weighted by Gasteiger charge is 2.31. The first kappa shape index (κ1) is 15.3. The highest BCUT2D eigenvalue weighted by molar-refractivity contribution is 5.88. The smallest absolute Gasteiger partial charge is 0.242 e. The Kier molecular flexibility index (Phi) is 5.40. The fourth-order valence-corrected chi connectivity index (χ4v) is 3.01. The van der Waals surface area contributed by atoms with Crippen LogP contribution in [0.25, 0.3) is 0 Å². The average Bonchev–Trinajstić information content (AvgIpc) is 2.43. The summed E-state index contributed by atoms with van der Waals surface area (Å²) in [5.74, 6) is 0.688. The van der Waals surface area contributed by atoms with Crippen LogP contribution in [-0.2, 0) is 9.59 Å². The van der Waals surface area contributed by atoms with Crippen LogP contribution in [0.1, 0.15) is 39.5 Å². The molecule has 0 spiro atoms. The van der Waals surface area contributed by atoms with Gasteiger partial charge in [-0.2, -0.15) is 0 Å². The predicted octanol–water partition coefficient (Wildman–Crippen LogP) is 0.845. The molecular formula is C15H27N3O2. The summed E-state index contributed by atoms with van der Waals surface area (Å²) >= 11 is 0. The number of likely N-dealkylation sites (tertiary alicyclic amines) is 1. The lowest BCUT2D eigenvalue weighted by molar-refractivity contribution is -0.144. The molecule has 0 bridgehead atoms. The van der Waals surface area contributed by atoms with Crippen molar-refractivity contribution in [2.24, 2.45) is 5.92 Å². The third-order valence-electron chi connectivity index (χ3n) is 4.12. The van der Waals surface area contributed by atoms with Gasteiger partial charge in [0, 0.05) is 26.2 Å². The summed E-state index contributed by atoms with van der Waals surface area (Å²) in [5.41, 5.74) is 0. The van der Waals surface area contributed by atoms with E-state index < -0.39 is 0 Å². The lowest BCUT2D eigenvalue weighted by atomic mass is 10.0. The molecule has 5 nitrogen and oxygen atoms in total. The van der Waals surface area contributed by atoms with Gasteiger partial charge in [0.1, 0.15) is 0 Å². The number of piperidine rings is 1. The SMILES string of the molecule is CC(C)CC1NCCN(CC(=O)N2CCCCC2)C1=O. The molecule has 20 heavy (non-hydrogen) atoms. The molecule has 0 aliphatic carbocycles. The zero-order valence-electron chi connectivity index (χ0n) is 12.7. The van der Waals surface area contributed by atoms with Crippen molar-refractivity contribution in [3.05, 3.63) is 0 Å². The second-order valence-corrected chi connectivity index (χ2v) is 6.34. The van der Waals surface area contributed by atoms with Crippen molar-refractivity contribution in [1.82, 2.24) is 15.1 Å². The van der Waals surface area contributed by atoms with Gasteiger partial charge >= 0.3 is 0 Å². The predicted molar refractivity (Wildman–Crippen MR) is 78.3 cm³/mol. The molecule has 2 aliphatic rings. The molecule has 0 aromatic rings. The first-order valence-corrected chi connectivity index (χ1v) is 7.88. The summed E-state index contributed by atoms with van der Waals surface area (Å²) in [7, 11) is 0. The first-order valence-electron chi connectivity index (χ1n) is 7.88. The van der Waals surface area contributed by atoms with Crippen molar-refractivity contribution >= 4 is 11.8 Å². The minimum atomic E-state index is -0.113. The largest absolute Gasteiger partial charge is 0.341 e. The lowest BCUT2D eigenvalue weighted by Gasteiger charge is -2.35. The second-order valence-electron chi connectivity index (χ2n) is 6.34. The average molecular weight is 281 g/mol. The topological polar surface area (TPSA) is 52.7 Å². The molecule has 0 radical (unpaired) electrons. The maximum absolute atomic E-state index is 12.4. The Labute approximate surface area is 121 Å². The zero-order chi connectivity index (χ0) is 14.5. The molecule has 0 aromatic carbocycles. The molecule has 0 aromatic heterocycles. The van der Waals surface area contributed by atoms with Gasteiger partial charge in [0.2, 0.25) is 11.8 Å². The molecule has 2 rings (SSSR count). The molecule has 1 unspecified atom stereocenters. The number of nitrogens with one attached hydrogen (secondary N) is 1. The number of rotatable bonds is 4. The summed E-state index contributed by atoms with van der Waals surface area (Å²) < 4.78 is 0. The fourth-order valence-electron chi connectivity index (χ4n) is 3.01. The summed E-state index contributed by atoms with van der Waals surface area (Å²) in [6.07, 6.45) is 4.24. The van der Waals surface area contributed by atoms with E-state index in [1.54, 1.807) is 4.90 Å². The summed E-state index contributed by atoms with van der Waals surface area (Å²) in [6, 6.07) is -0.113. The number of piperazine rings is 1. The molecule has 5 heteroatoms. The maximum atomic E-state index is 12.4. The highest BCUT2D eigenvalue weighted by Crippen LogP contribution is 2.13. The van der Waals surface area contributed by atoms with Gasteiger partial charge in [0.25, 0.3) is 0 Å². The maximum Gasteiger partial charge on any atom is 0.242 e. The van der Waals surface area contributed by atoms with Crippen LogP contribution in [0, 0.1) is 5.92 Å². The van der Waals surface area contributed by atoms with Crippen LogP contribution in [0.4, 0.5) is 0 Å². The number of hydrogen-bond donors (Lipinski definition) is 1. The van der Waals surface area contributed by atoms with Crippen LogP contribution in [0.15, 0.2) is 0 Å². The van der Waals surface area contributed by atoms with Gasteiger partial charge in [0.15, 0.2) is 0 Å². The fraction of sp³-hybridized carbons (Fsp3) is 0.867. The van der Waals surface area contributed by atoms with Crippen molar-refractivity contribution in [3.8, 4) is 0 Å². The molecule has 2 heterocycles. The van der Waals surface area contributed by atoms with E-state index in [-0.39, 0.29) is 24.4 Å². The van der Waals surface area contributed by atoms with E-state index in [2.05, 4.69) is 19.2 Å². The normalized spacial score (nSPS) is 24.4. The van der Waals surface area contributed by atoms with Crippen LogP contribution >= 0.6 is 0 Å². The second kappa shape index (κ2) is 7.07. The van der Waals surface area contributed by atoms with Crippen LogP contribution in [0.2, 0.25) is 0 Å². The lowest BCUT2D eigenvalue weighted by Crippen LogP contribution is -2.57. The van der Waals surface area contributed by atoms with Crippen molar-refractivity contribution in [1.29, 1.82) is 0 Å². The Hall–Kier alpha value is -1.10. The van der Waals surface area contributed by atoms with E-state index in [1.165, 1.54) is 6.42 Å². The van der Waals surface area contributed by atoms with Crippen LogP contribution < -0.4 is 5.32 Å². The van der Waals surface area contributed by atoms with E-state index in [0.717, 1.165) is 38.9 Å². The standard InChI is InChI=1S/C15H27N3O2/c1-12(2)10-13-15(20)18(9-6-16-13)11-14(19)17-7-4-3-5-8-17/h12-13,16H,3-11H2,1-2H3. The number of nitrogens with zero attached hydrogens (tertiary/aromatic N) is 2. The van der Waals surface area contributed by atoms with Gasteiger partial charge in [-0.25, -0.2) is 0 Å². The molecule has 2 fully saturated rings. The van der Waals surface area contributed by atoms with Gasteiger partial charge in [-0.05, 0) is 31.6 Å². The van der Waals surface area contributed by atoms with E-state index in [1.807, 2.05) is 4.90 Å². The van der Waals surface area contributed by atoms with E-state index in [9.17, 15) is 9.59 Å². The van der Waals surface area contributed by atoms with Gasteiger partial charge in [-0.1, -0.05) is 13.8 Å². The van der Waals surface area contributed by atoms with Crippen molar-refractivity contribution in [2.45, 2.75) is 45.6 Å². The van der Waals surface area contributed by atoms with Crippen molar-refractivity contribution < 1.29 is 9.59 Å². The van der Waals surface area contributed by atoms with E-state index in [0.29, 0.717) is 12.5 Å². The molecule has 0 saturated carbocycles. The Bertz CT molecular complexity index is 351. The molecule has 2 saturated heterocycles. The Morgan fingerprint density at radius 2 is 1.95 bits per heavy atom. The minimum absolute atomic E-state index is 0.0929. The van der Waals surface area contributed by atoms with E-state index >= 15 is 0 Å². The summed E-state index contributed by atoms with van der Waals surface area (Å²) in [4.78, 5) is 28.3. The van der Waals surface area contributed by atoms with E-state index in [4.69, 9.17) is 0 Å². The van der Waals surface area contributed by atoms with Crippen LogP contribution in [-0.4, -0.2) is 60.4 Å². The van der Waals surface area contributed by atoms with Crippen LogP contribution in [0.5, 0.6) is 0 Å². The third-order valence-corrected chi connectivity index (χ3v) is 4.12. The summed E-state index contributed by atoms with van der Waals surface area (Å²) in [5, 5.41) is 3.27. The Balaban J connectivity index is 1.87. The monoisotopic (exact) mass is 281 g/mol. The van der Waals surface area contributed by atoms with Gasteiger partial charge in [-0.3, -0.25) is 9.59 Å². The number of hydrogen-bond acceptors (Lipinski definition) is 3. The number of carbonyl (C=O) groups excluding carboxylic acids is 2. The molecule has 114 valence electrons. The van der Waals surface area contributed by atoms with Crippen LogP contribution in [0.3, 0.4) is 0 Å². The molecule has 2 amide bonds. The third kappa shape index (κ3) is 3.95.